The van der Waals surface area contributed by atoms with Crippen molar-refractivity contribution in [2.45, 2.75) is 65.3 Å². The van der Waals surface area contributed by atoms with Gasteiger partial charge in [0.05, 0.1) is 0 Å². The summed E-state index contributed by atoms with van der Waals surface area (Å²) < 4.78 is 0. The molecule has 0 aromatic rings. The third kappa shape index (κ3) is 4.71. The van der Waals surface area contributed by atoms with Crippen molar-refractivity contribution < 1.29 is 0 Å². The first kappa shape index (κ1) is 17.9. The predicted octanol–water partition coefficient (Wildman–Crippen LogP) is 2.95. The van der Waals surface area contributed by atoms with Gasteiger partial charge in [-0.2, -0.15) is 0 Å². The van der Waals surface area contributed by atoms with E-state index in [-0.39, 0.29) is 0 Å². The fourth-order valence-electron chi connectivity index (χ4n) is 3.70. The summed E-state index contributed by atoms with van der Waals surface area (Å²) in [5, 5.41) is 0. The molecule has 3 nitrogen and oxygen atoms in total. The standard InChI is InChI=1S/C17H37N3/c1-5-19(6-2)13-8-14-20(7-3)17(15-18)11-9-16(4)10-12-17/h16H,5-15,18H2,1-4H3. The van der Waals surface area contributed by atoms with Crippen molar-refractivity contribution >= 4 is 0 Å². The molecule has 1 aliphatic carbocycles. The molecule has 0 radical (unpaired) electrons. The van der Waals surface area contributed by atoms with Crippen molar-refractivity contribution in [1.29, 1.82) is 0 Å². The second-order valence-corrected chi connectivity index (χ2v) is 6.57. The zero-order valence-electron chi connectivity index (χ0n) is 14.3. The Kier molecular flexibility index (Phi) is 8.08. The van der Waals surface area contributed by atoms with Gasteiger partial charge in [0.1, 0.15) is 0 Å². The van der Waals surface area contributed by atoms with Gasteiger partial charge < -0.3 is 10.6 Å². The summed E-state index contributed by atoms with van der Waals surface area (Å²) >= 11 is 0. The van der Waals surface area contributed by atoms with Gasteiger partial charge in [-0.05, 0) is 70.7 Å². The molecule has 0 heterocycles. The van der Waals surface area contributed by atoms with Crippen molar-refractivity contribution in [3.05, 3.63) is 0 Å². The van der Waals surface area contributed by atoms with Gasteiger partial charge in [-0.25, -0.2) is 0 Å². The highest BCUT2D eigenvalue weighted by Crippen LogP contribution is 2.35. The van der Waals surface area contributed by atoms with Crippen LogP contribution in [0, 0.1) is 5.92 Å². The van der Waals surface area contributed by atoms with Gasteiger partial charge in [0, 0.05) is 12.1 Å². The molecule has 1 saturated carbocycles. The lowest BCUT2D eigenvalue weighted by Gasteiger charge is -2.47. The van der Waals surface area contributed by atoms with E-state index in [1.807, 2.05) is 0 Å². The van der Waals surface area contributed by atoms with E-state index in [1.165, 1.54) is 58.3 Å². The smallest absolute Gasteiger partial charge is 0.0331 e. The highest BCUT2D eigenvalue weighted by molar-refractivity contribution is 4.95. The van der Waals surface area contributed by atoms with E-state index >= 15 is 0 Å². The summed E-state index contributed by atoms with van der Waals surface area (Å²) in [5.41, 5.74) is 6.49. The van der Waals surface area contributed by atoms with Crippen LogP contribution >= 0.6 is 0 Å². The number of likely N-dealkylation sites (N-methyl/N-ethyl adjacent to an activating group) is 1. The average molecular weight is 284 g/mol. The van der Waals surface area contributed by atoms with Gasteiger partial charge in [0.2, 0.25) is 0 Å². The Bertz CT molecular complexity index is 243. The van der Waals surface area contributed by atoms with Crippen LogP contribution < -0.4 is 5.73 Å². The van der Waals surface area contributed by atoms with E-state index in [0.29, 0.717) is 5.54 Å². The third-order valence-corrected chi connectivity index (χ3v) is 5.43. The monoisotopic (exact) mass is 283 g/mol. The van der Waals surface area contributed by atoms with Crippen molar-refractivity contribution in [1.82, 2.24) is 9.80 Å². The molecule has 0 atom stereocenters. The van der Waals surface area contributed by atoms with E-state index < -0.39 is 0 Å². The van der Waals surface area contributed by atoms with Crippen LogP contribution in [0.1, 0.15) is 59.8 Å². The molecule has 1 rings (SSSR count). The van der Waals surface area contributed by atoms with Crippen LogP contribution in [0.5, 0.6) is 0 Å². The third-order valence-electron chi connectivity index (χ3n) is 5.43. The molecule has 3 heteroatoms. The lowest BCUT2D eigenvalue weighted by Crippen LogP contribution is -2.56. The summed E-state index contributed by atoms with van der Waals surface area (Å²) in [6, 6.07) is 0. The van der Waals surface area contributed by atoms with Gasteiger partial charge in [-0.15, -0.1) is 0 Å². The molecular formula is C17H37N3. The Morgan fingerprint density at radius 2 is 1.60 bits per heavy atom. The maximum Gasteiger partial charge on any atom is 0.0331 e. The highest BCUT2D eigenvalue weighted by Gasteiger charge is 2.37. The first-order valence-electron chi connectivity index (χ1n) is 8.79. The summed E-state index contributed by atoms with van der Waals surface area (Å²) in [4.78, 5) is 5.20. The minimum atomic E-state index is 0.296. The first-order chi connectivity index (χ1) is 9.61. The number of nitrogens with two attached hydrogens (primary N) is 1. The predicted molar refractivity (Wildman–Crippen MR) is 89.1 cm³/mol. The van der Waals surface area contributed by atoms with E-state index in [0.717, 1.165) is 19.0 Å². The molecular weight excluding hydrogens is 246 g/mol. The van der Waals surface area contributed by atoms with Crippen LogP contribution in [0.3, 0.4) is 0 Å². The molecule has 0 bridgehead atoms. The molecule has 0 spiro atoms. The van der Waals surface area contributed by atoms with Crippen LogP contribution in [0.15, 0.2) is 0 Å². The Hall–Kier alpha value is -0.120. The summed E-state index contributed by atoms with van der Waals surface area (Å²) in [6.45, 7) is 15.9. The van der Waals surface area contributed by atoms with Crippen molar-refractivity contribution in [2.24, 2.45) is 11.7 Å². The second-order valence-electron chi connectivity index (χ2n) is 6.57. The van der Waals surface area contributed by atoms with Crippen LogP contribution in [0.4, 0.5) is 0 Å². The number of hydrogen-bond donors (Lipinski definition) is 1. The lowest BCUT2D eigenvalue weighted by atomic mass is 9.76. The average Bonchev–Trinajstić information content (AvgIpc) is 2.49. The number of hydrogen-bond acceptors (Lipinski definition) is 3. The summed E-state index contributed by atoms with van der Waals surface area (Å²) in [5.74, 6) is 0.893. The zero-order valence-corrected chi connectivity index (χ0v) is 14.3. The SMILES string of the molecule is CCN(CC)CCCN(CC)C1(CN)CCC(C)CC1. The molecule has 0 unspecified atom stereocenters. The lowest BCUT2D eigenvalue weighted by molar-refractivity contribution is 0.0458. The first-order valence-corrected chi connectivity index (χ1v) is 8.79. The molecule has 2 N–H and O–H groups in total. The van der Waals surface area contributed by atoms with Crippen LogP contribution in [-0.2, 0) is 0 Å². The summed E-state index contributed by atoms with van der Waals surface area (Å²) in [6.07, 6.45) is 6.56. The Morgan fingerprint density at radius 1 is 1.00 bits per heavy atom. The quantitative estimate of drug-likeness (QED) is 0.706. The Balaban J connectivity index is 2.50. The molecule has 0 saturated heterocycles. The molecule has 0 amide bonds. The highest BCUT2D eigenvalue weighted by atomic mass is 15.2. The molecule has 0 aliphatic heterocycles. The Labute approximate surface area is 126 Å². The van der Waals surface area contributed by atoms with Gasteiger partial charge in [0.25, 0.3) is 0 Å². The van der Waals surface area contributed by atoms with Crippen LogP contribution in [0.25, 0.3) is 0 Å². The largest absolute Gasteiger partial charge is 0.329 e. The van der Waals surface area contributed by atoms with Gasteiger partial charge in [-0.3, -0.25) is 4.90 Å². The van der Waals surface area contributed by atoms with E-state index in [2.05, 4.69) is 37.5 Å². The fourth-order valence-corrected chi connectivity index (χ4v) is 3.70. The van der Waals surface area contributed by atoms with Crippen LogP contribution in [0.2, 0.25) is 0 Å². The zero-order chi connectivity index (χ0) is 15.0. The fraction of sp³-hybridized carbons (Fsp3) is 1.00. The maximum absolute atomic E-state index is 6.19. The van der Waals surface area contributed by atoms with Gasteiger partial charge in [0.15, 0.2) is 0 Å². The topological polar surface area (TPSA) is 32.5 Å². The minimum absolute atomic E-state index is 0.296. The van der Waals surface area contributed by atoms with Gasteiger partial charge in [-0.1, -0.05) is 27.7 Å². The van der Waals surface area contributed by atoms with E-state index in [4.69, 9.17) is 5.73 Å². The molecule has 0 aromatic carbocycles. The molecule has 120 valence electrons. The molecule has 1 fully saturated rings. The maximum atomic E-state index is 6.19. The number of rotatable bonds is 9. The summed E-state index contributed by atoms with van der Waals surface area (Å²) in [7, 11) is 0. The second kappa shape index (κ2) is 9.01. The van der Waals surface area contributed by atoms with Gasteiger partial charge >= 0.3 is 0 Å². The van der Waals surface area contributed by atoms with Crippen molar-refractivity contribution in [3.8, 4) is 0 Å². The number of nitrogens with zero attached hydrogens (tertiary/aromatic N) is 2. The van der Waals surface area contributed by atoms with E-state index in [1.54, 1.807) is 0 Å². The van der Waals surface area contributed by atoms with Crippen LogP contribution in [-0.4, -0.2) is 54.6 Å². The van der Waals surface area contributed by atoms with E-state index in [9.17, 15) is 0 Å². The van der Waals surface area contributed by atoms with Crippen molar-refractivity contribution in [2.75, 3.05) is 39.3 Å². The van der Waals surface area contributed by atoms with Crippen molar-refractivity contribution in [3.63, 3.8) is 0 Å². The molecule has 20 heavy (non-hydrogen) atoms. The minimum Gasteiger partial charge on any atom is -0.329 e. The normalized spacial score (nSPS) is 27.4. The molecule has 0 aromatic heterocycles. The Morgan fingerprint density at radius 3 is 2.05 bits per heavy atom. The molecule has 1 aliphatic rings.